The van der Waals surface area contributed by atoms with Gasteiger partial charge < -0.3 is 21.1 Å². The van der Waals surface area contributed by atoms with Gasteiger partial charge in [0, 0.05) is 48.9 Å². The molecular formula is C26H31FN6O2S2. The van der Waals surface area contributed by atoms with Crippen LogP contribution >= 0.6 is 23.3 Å². The van der Waals surface area contributed by atoms with Crippen molar-refractivity contribution in [3.63, 3.8) is 0 Å². The lowest BCUT2D eigenvalue weighted by molar-refractivity contribution is 0.103. The number of rotatable bonds is 11. The highest BCUT2D eigenvalue weighted by Gasteiger charge is 2.25. The zero-order valence-electron chi connectivity index (χ0n) is 20.7. The number of hydrogen-bond donors (Lipinski definition) is 3. The van der Waals surface area contributed by atoms with Gasteiger partial charge >= 0.3 is 0 Å². The molecule has 0 spiro atoms. The van der Waals surface area contributed by atoms with E-state index in [0.29, 0.717) is 29.2 Å². The summed E-state index contributed by atoms with van der Waals surface area (Å²) < 4.78 is 22.3. The van der Waals surface area contributed by atoms with Gasteiger partial charge in [-0.25, -0.2) is 18.7 Å². The zero-order chi connectivity index (χ0) is 25.8. The number of aromatic nitrogens is 2. The fraction of sp³-hybridized carbons (Fsp3) is 0.423. The smallest absolute Gasteiger partial charge is 0.213 e. The van der Waals surface area contributed by atoms with Crippen LogP contribution in [0.2, 0.25) is 0 Å². The van der Waals surface area contributed by atoms with Crippen LogP contribution in [0, 0.1) is 12.7 Å². The van der Waals surface area contributed by atoms with Crippen LogP contribution in [-0.4, -0.2) is 58.4 Å². The molecule has 0 amide bonds. The van der Waals surface area contributed by atoms with Crippen molar-refractivity contribution in [2.24, 2.45) is 0 Å². The topological polar surface area (TPSA) is 105 Å². The van der Waals surface area contributed by atoms with Crippen molar-refractivity contribution in [1.29, 1.82) is 0 Å². The summed E-state index contributed by atoms with van der Waals surface area (Å²) in [6.45, 7) is 4.98. The number of pyridine rings is 1. The number of thiazole rings is 1. The van der Waals surface area contributed by atoms with Gasteiger partial charge in [0.1, 0.15) is 23.1 Å². The van der Waals surface area contributed by atoms with Crippen molar-refractivity contribution in [1.82, 2.24) is 19.6 Å². The van der Waals surface area contributed by atoms with Gasteiger partial charge in [-0.2, -0.15) is 0 Å². The van der Waals surface area contributed by atoms with Crippen LogP contribution in [0.4, 0.5) is 15.3 Å². The molecule has 196 valence electrons. The predicted octanol–water partition coefficient (Wildman–Crippen LogP) is 4.51. The zero-order valence-corrected chi connectivity index (χ0v) is 22.3. The lowest BCUT2D eigenvalue weighted by Crippen LogP contribution is -2.35. The van der Waals surface area contributed by atoms with E-state index in [1.807, 2.05) is 18.3 Å². The van der Waals surface area contributed by atoms with Crippen LogP contribution in [0.25, 0.3) is 0 Å². The highest BCUT2D eigenvalue weighted by molar-refractivity contribution is 7.97. The molecule has 1 aliphatic heterocycles. The second kappa shape index (κ2) is 11.8. The Labute approximate surface area is 224 Å². The molecule has 8 nitrogen and oxygen atoms in total. The SMILES string of the molecule is Cc1cccc(F)c1C(=O)c1sc(NC2CCN(Sc3ccc(OCCNC4CC4)nc3)CC2)nc1N. The first kappa shape index (κ1) is 25.9. The molecule has 2 fully saturated rings. The number of carbonyl (C=O) groups is 1. The van der Waals surface area contributed by atoms with Crippen LogP contribution in [0.15, 0.2) is 41.4 Å². The molecule has 5 rings (SSSR count). The van der Waals surface area contributed by atoms with Gasteiger partial charge in [-0.3, -0.25) is 4.79 Å². The average molecular weight is 543 g/mol. The molecule has 1 saturated heterocycles. The predicted molar refractivity (Wildman–Crippen MR) is 146 cm³/mol. The third-order valence-corrected chi connectivity index (χ3v) is 8.47. The number of benzene rings is 1. The molecule has 0 atom stereocenters. The van der Waals surface area contributed by atoms with Gasteiger partial charge in [-0.15, -0.1) is 0 Å². The molecule has 2 aliphatic rings. The molecule has 1 aromatic carbocycles. The quantitative estimate of drug-likeness (QED) is 0.183. The van der Waals surface area contributed by atoms with E-state index in [1.54, 1.807) is 31.0 Å². The molecule has 3 aromatic rings. The number of hydrogen-bond acceptors (Lipinski definition) is 10. The van der Waals surface area contributed by atoms with E-state index in [2.05, 4.69) is 24.9 Å². The molecule has 4 N–H and O–H groups in total. The second-order valence-corrected chi connectivity index (χ2v) is 11.5. The number of nitrogens with two attached hydrogens (primary N) is 1. The Morgan fingerprint density at radius 2 is 2.03 bits per heavy atom. The van der Waals surface area contributed by atoms with E-state index in [9.17, 15) is 9.18 Å². The molecule has 0 bridgehead atoms. The Morgan fingerprint density at radius 1 is 1.22 bits per heavy atom. The fourth-order valence-corrected chi connectivity index (χ4v) is 6.04. The Hall–Kier alpha value is -2.73. The maximum absolute atomic E-state index is 14.3. The molecule has 2 aromatic heterocycles. The minimum atomic E-state index is -0.546. The number of aryl methyl sites for hydroxylation is 1. The summed E-state index contributed by atoms with van der Waals surface area (Å²) in [5.74, 6) is -0.191. The third-order valence-electron chi connectivity index (χ3n) is 6.40. The van der Waals surface area contributed by atoms with Crippen molar-refractivity contribution in [2.45, 2.75) is 49.6 Å². The van der Waals surface area contributed by atoms with E-state index in [-0.39, 0.29) is 22.3 Å². The fourth-order valence-electron chi connectivity index (χ4n) is 4.22. The monoisotopic (exact) mass is 542 g/mol. The molecule has 11 heteroatoms. The molecule has 37 heavy (non-hydrogen) atoms. The van der Waals surface area contributed by atoms with Crippen molar-refractivity contribution in [3.05, 3.63) is 58.3 Å². The van der Waals surface area contributed by atoms with Gasteiger partial charge in [-0.1, -0.05) is 23.5 Å². The van der Waals surface area contributed by atoms with Crippen molar-refractivity contribution < 1.29 is 13.9 Å². The molecule has 1 saturated carbocycles. The number of halogens is 1. The Kier molecular flexibility index (Phi) is 8.23. The normalized spacial score (nSPS) is 16.6. The summed E-state index contributed by atoms with van der Waals surface area (Å²) >= 11 is 2.88. The number of nitrogens with one attached hydrogen (secondary N) is 2. The minimum absolute atomic E-state index is 0.0504. The first-order chi connectivity index (χ1) is 18.0. The number of carbonyl (C=O) groups excluding carboxylic acids is 1. The van der Waals surface area contributed by atoms with Gasteiger partial charge in [0.15, 0.2) is 5.13 Å². The van der Waals surface area contributed by atoms with Gasteiger partial charge in [0.05, 0.1) is 5.56 Å². The number of nitrogens with zero attached hydrogens (tertiary/aromatic N) is 3. The number of anilines is 2. The molecule has 1 aliphatic carbocycles. The summed E-state index contributed by atoms with van der Waals surface area (Å²) in [6.07, 6.45) is 6.24. The van der Waals surface area contributed by atoms with E-state index in [4.69, 9.17) is 10.5 Å². The second-order valence-electron chi connectivity index (χ2n) is 9.34. The lowest BCUT2D eigenvalue weighted by atomic mass is 10.0. The van der Waals surface area contributed by atoms with E-state index >= 15 is 0 Å². The Balaban J connectivity index is 1.08. The number of nitrogen functional groups attached to an aromatic ring is 1. The van der Waals surface area contributed by atoms with Crippen molar-refractivity contribution in [3.8, 4) is 5.88 Å². The van der Waals surface area contributed by atoms with Gasteiger partial charge in [0.25, 0.3) is 0 Å². The highest BCUT2D eigenvalue weighted by atomic mass is 32.2. The van der Waals surface area contributed by atoms with E-state index in [0.717, 1.165) is 37.4 Å². The van der Waals surface area contributed by atoms with Crippen LogP contribution in [0.1, 0.15) is 46.5 Å². The third kappa shape index (κ3) is 6.78. The van der Waals surface area contributed by atoms with Crippen LogP contribution in [0.3, 0.4) is 0 Å². The minimum Gasteiger partial charge on any atom is -0.476 e. The van der Waals surface area contributed by atoms with E-state index in [1.165, 1.54) is 30.2 Å². The van der Waals surface area contributed by atoms with E-state index < -0.39 is 11.6 Å². The number of ether oxygens (including phenoxy) is 1. The largest absolute Gasteiger partial charge is 0.476 e. The van der Waals surface area contributed by atoms with Gasteiger partial charge in [-0.05, 0) is 62.3 Å². The van der Waals surface area contributed by atoms with Crippen LogP contribution < -0.4 is 21.1 Å². The summed E-state index contributed by atoms with van der Waals surface area (Å²) in [5, 5.41) is 7.43. The summed E-state index contributed by atoms with van der Waals surface area (Å²) in [7, 11) is 0. The maximum atomic E-state index is 14.3. The standard InChI is InChI=1S/C26H31FN6O2S2/c1-16-3-2-4-20(27)22(16)23(34)24-25(28)32-26(36-24)31-18-9-12-33(13-10-18)37-19-7-8-21(30-15-19)35-14-11-29-17-5-6-17/h2-4,7-8,15,17-18,29H,5-6,9-14,28H2,1H3,(H,31,32). The van der Waals surface area contributed by atoms with Crippen molar-refractivity contribution in [2.75, 3.05) is 37.3 Å². The first-order valence-corrected chi connectivity index (χ1v) is 14.1. The molecule has 0 unspecified atom stereocenters. The Morgan fingerprint density at radius 3 is 2.73 bits per heavy atom. The molecule has 0 radical (unpaired) electrons. The Bertz CT molecular complexity index is 1210. The van der Waals surface area contributed by atoms with Crippen LogP contribution in [0.5, 0.6) is 5.88 Å². The molecular weight excluding hydrogens is 511 g/mol. The highest BCUT2D eigenvalue weighted by Crippen LogP contribution is 2.32. The van der Waals surface area contributed by atoms with Gasteiger partial charge in [0.2, 0.25) is 11.7 Å². The summed E-state index contributed by atoms with van der Waals surface area (Å²) in [4.78, 5) is 23.1. The van der Waals surface area contributed by atoms with Crippen molar-refractivity contribution >= 4 is 40.0 Å². The molecule has 3 heterocycles. The maximum Gasteiger partial charge on any atom is 0.213 e. The average Bonchev–Trinajstić information content (AvgIpc) is 3.64. The first-order valence-electron chi connectivity index (χ1n) is 12.5. The number of ketones is 1. The summed E-state index contributed by atoms with van der Waals surface area (Å²) in [5.41, 5.74) is 6.67. The number of piperidine rings is 1. The lowest BCUT2D eigenvalue weighted by Gasteiger charge is -2.31. The van der Waals surface area contributed by atoms with Crippen LogP contribution in [-0.2, 0) is 0 Å². The summed E-state index contributed by atoms with van der Waals surface area (Å²) in [6, 6.07) is 9.46.